The molecule has 6 nitrogen and oxygen atoms in total. The molecule has 0 bridgehead atoms. The van der Waals surface area contributed by atoms with E-state index in [9.17, 15) is 0 Å². The van der Waals surface area contributed by atoms with E-state index >= 15 is 0 Å². The highest BCUT2D eigenvalue weighted by Gasteiger charge is 2.22. The van der Waals surface area contributed by atoms with Crippen molar-refractivity contribution in [3.05, 3.63) is 36.7 Å². The molecule has 21 heavy (non-hydrogen) atoms. The van der Waals surface area contributed by atoms with Crippen molar-refractivity contribution in [2.24, 2.45) is 5.92 Å². The highest BCUT2D eigenvalue weighted by molar-refractivity contribution is 5.40. The number of aromatic nitrogens is 4. The van der Waals surface area contributed by atoms with E-state index in [1.807, 2.05) is 13.1 Å². The number of anilines is 2. The van der Waals surface area contributed by atoms with Gasteiger partial charge in [-0.05, 0) is 31.2 Å². The summed E-state index contributed by atoms with van der Waals surface area (Å²) < 4.78 is 0. The van der Waals surface area contributed by atoms with E-state index in [0.29, 0.717) is 5.92 Å². The lowest BCUT2D eigenvalue weighted by Crippen LogP contribution is -2.37. The van der Waals surface area contributed by atoms with Crippen LogP contribution in [0, 0.1) is 5.92 Å². The smallest absolute Gasteiger partial charge is 0.147 e. The van der Waals surface area contributed by atoms with Crippen molar-refractivity contribution in [1.29, 1.82) is 0 Å². The van der Waals surface area contributed by atoms with Crippen molar-refractivity contribution in [2.75, 3.05) is 30.4 Å². The molecule has 0 radical (unpaired) electrons. The van der Waals surface area contributed by atoms with E-state index in [2.05, 4.69) is 30.2 Å². The van der Waals surface area contributed by atoms with Gasteiger partial charge in [-0.25, -0.2) is 15.0 Å². The second kappa shape index (κ2) is 6.47. The lowest BCUT2D eigenvalue weighted by molar-refractivity contribution is 0.408. The van der Waals surface area contributed by atoms with Crippen LogP contribution in [-0.2, 0) is 6.42 Å². The van der Waals surface area contributed by atoms with Gasteiger partial charge in [-0.1, -0.05) is 0 Å². The second-order valence-corrected chi connectivity index (χ2v) is 5.33. The summed E-state index contributed by atoms with van der Waals surface area (Å²) in [5, 5.41) is 3.12. The maximum absolute atomic E-state index is 4.47. The minimum atomic E-state index is 0.581. The lowest BCUT2D eigenvalue weighted by Gasteiger charge is -2.33. The lowest BCUT2D eigenvalue weighted by atomic mass is 9.93. The first-order chi connectivity index (χ1) is 10.4. The number of nitrogens with one attached hydrogen (secondary N) is 1. The Balaban J connectivity index is 1.69. The SMILES string of the molecule is CNc1nccnc1C[C@H]1CCCN(c2ccncn2)C1. The molecule has 1 saturated heterocycles. The molecule has 3 heterocycles. The highest BCUT2D eigenvalue weighted by atomic mass is 15.2. The fraction of sp³-hybridized carbons (Fsp3) is 0.467. The molecule has 0 amide bonds. The summed E-state index contributed by atoms with van der Waals surface area (Å²) in [4.78, 5) is 19.5. The Morgan fingerprint density at radius 2 is 2.14 bits per heavy atom. The Labute approximate surface area is 124 Å². The second-order valence-electron chi connectivity index (χ2n) is 5.33. The Morgan fingerprint density at radius 3 is 2.95 bits per heavy atom. The summed E-state index contributed by atoms with van der Waals surface area (Å²) >= 11 is 0. The van der Waals surface area contributed by atoms with Crippen LogP contribution in [0.3, 0.4) is 0 Å². The van der Waals surface area contributed by atoms with E-state index in [4.69, 9.17) is 0 Å². The van der Waals surface area contributed by atoms with Crippen molar-refractivity contribution in [2.45, 2.75) is 19.3 Å². The fourth-order valence-corrected chi connectivity index (χ4v) is 2.91. The van der Waals surface area contributed by atoms with Crippen LogP contribution >= 0.6 is 0 Å². The van der Waals surface area contributed by atoms with E-state index in [1.54, 1.807) is 24.9 Å². The molecule has 6 heteroatoms. The molecule has 0 unspecified atom stereocenters. The molecule has 2 aromatic rings. The Bertz CT molecular complexity index is 573. The number of hydrogen-bond acceptors (Lipinski definition) is 6. The average molecular weight is 284 g/mol. The first-order valence-electron chi connectivity index (χ1n) is 7.35. The standard InChI is InChI=1S/C15H20N6/c1-16-15-13(18-6-7-19-15)9-12-3-2-8-21(10-12)14-4-5-17-11-20-14/h4-7,11-12H,2-3,8-10H2,1H3,(H,16,19)/t12-/m1/s1. The topological polar surface area (TPSA) is 66.8 Å². The van der Waals surface area contributed by atoms with Gasteiger partial charge >= 0.3 is 0 Å². The van der Waals surface area contributed by atoms with Gasteiger partial charge in [-0.15, -0.1) is 0 Å². The van der Waals surface area contributed by atoms with Crippen LogP contribution in [0.1, 0.15) is 18.5 Å². The molecule has 1 atom stereocenters. The summed E-state index contributed by atoms with van der Waals surface area (Å²) in [5.41, 5.74) is 1.05. The van der Waals surface area contributed by atoms with Crippen LogP contribution < -0.4 is 10.2 Å². The van der Waals surface area contributed by atoms with Gasteiger partial charge in [-0.2, -0.15) is 0 Å². The number of nitrogens with zero attached hydrogens (tertiary/aromatic N) is 5. The van der Waals surface area contributed by atoms with Crippen molar-refractivity contribution in [3.8, 4) is 0 Å². The largest absolute Gasteiger partial charge is 0.372 e. The third-order valence-electron chi connectivity index (χ3n) is 3.90. The zero-order valence-corrected chi connectivity index (χ0v) is 12.2. The molecule has 1 aliphatic heterocycles. The fourth-order valence-electron chi connectivity index (χ4n) is 2.91. The molecular formula is C15H20N6. The summed E-state index contributed by atoms with van der Waals surface area (Å²) in [5.74, 6) is 2.48. The van der Waals surface area contributed by atoms with Crippen LogP contribution in [0.5, 0.6) is 0 Å². The van der Waals surface area contributed by atoms with Gasteiger partial charge in [0, 0.05) is 38.7 Å². The maximum Gasteiger partial charge on any atom is 0.147 e. The molecule has 1 N–H and O–H groups in total. The van der Waals surface area contributed by atoms with E-state index in [-0.39, 0.29) is 0 Å². The molecule has 0 saturated carbocycles. The number of rotatable bonds is 4. The molecule has 0 spiro atoms. The zero-order valence-electron chi connectivity index (χ0n) is 12.2. The first kappa shape index (κ1) is 13.7. The summed E-state index contributed by atoms with van der Waals surface area (Å²) in [6.45, 7) is 2.07. The minimum absolute atomic E-state index is 0.581. The van der Waals surface area contributed by atoms with Crippen LogP contribution in [0.2, 0.25) is 0 Å². The van der Waals surface area contributed by atoms with Crippen molar-refractivity contribution in [1.82, 2.24) is 19.9 Å². The van der Waals surface area contributed by atoms with Gasteiger partial charge in [0.1, 0.15) is 18.0 Å². The van der Waals surface area contributed by atoms with Gasteiger partial charge in [-0.3, -0.25) is 4.98 Å². The Kier molecular flexibility index (Phi) is 4.23. The molecule has 1 fully saturated rings. The molecular weight excluding hydrogens is 264 g/mol. The van der Waals surface area contributed by atoms with Gasteiger partial charge in [0.2, 0.25) is 0 Å². The summed E-state index contributed by atoms with van der Waals surface area (Å²) in [6.07, 6.45) is 10.3. The van der Waals surface area contributed by atoms with Crippen LogP contribution in [0.4, 0.5) is 11.6 Å². The third-order valence-corrected chi connectivity index (χ3v) is 3.90. The van der Waals surface area contributed by atoms with E-state index in [0.717, 1.165) is 36.8 Å². The predicted molar refractivity (Wildman–Crippen MR) is 82.3 cm³/mol. The summed E-state index contributed by atoms with van der Waals surface area (Å²) in [7, 11) is 1.89. The van der Waals surface area contributed by atoms with Crippen LogP contribution in [-0.4, -0.2) is 40.1 Å². The maximum atomic E-state index is 4.47. The van der Waals surface area contributed by atoms with E-state index < -0.39 is 0 Å². The highest BCUT2D eigenvalue weighted by Crippen LogP contribution is 2.24. The van der Waals surface area contributed by atoms with Crippen molar-refractivity contribution in [3.63, 3.8) is 0 Å². The van der Waals surface area contributed by atoms with E-state index in [1.165, 1.54) is 12.8 Å². The first-order valence-corrected chi connectivity index (χ1v) is 7.35. The Morgan fingerprint density at radius 1 is 1.24 bits per heavy atom. The molecule has 2 aromatic heterocycles. The normalized spacial score (nSPS) is 18.5. The average Bonchev–Trinajstić information content (AvgIpc) is 2.56. The van der Waals surface area contributed by atoms with Gasteiger partial charge in [0.15, 0.2) is 0 Å². The van der Waals surface area contributed by atoms with Crippen LogP contribution in [0.25, 0.3) is 0 Å². The molecule has 110 valence electrons. The molecule has 0 aromatic carbocycles. The predicted octanol–water partition coefficient (Wildman–Crippen LogP) is 1.77. The van der Waals surface area contributed by atoms with Crippen molar-refractivity contribution < 1.29 is 0 Å². The number of piperidine rings is 1. The van der Waals surface area contributed by atoms with Gasteiger partial charge in [0.25, 0.3) is 0 Å². The molecule has 0 aliphatic carbocycles. The van der Waals surface area contributed by atoms with Crippen LogP contribution in [0.15, 0.2) is 31.0 Å². The molecule has 3 rings (SSSR count). The van der Waals surface area contributed by atoms with Crippen molar-refractivity contribution >= 4 is 11.6 Å². The van der Waals surface area contributed by atoms with Gasteiger partial charge < -0.3 is 10.2 Å². The minimum Gasteiger partial charge on any atom is -0.372 e. The zero-order chi connectivity index (χ0) is 14.5. The quantitative estimate of drug-likeness (QED) is 0.923. The monoisotopic (exact) mass is 284 g/mol. The Hall–Kier alpha value is -2.24. The third kappa shape index (κ3) is 3.26. The van der Waals surface area contributed by atoms with Gasteiger partial charge in [0.05, 0.1) is 5.69 Å². The summed E-state index contributed by atoms with van der Waals surface area (Å²) in [6, 6.07) is 1.98. The number of hydrogen-bond donors (Lipinski definition) is 1. The molecule has 1 aliphatic rings.